The van der Waals surface area contributed by atoms with Gasteiger partial charge < -0.3 is 10.2 Å². The number of benzene rings is 1. The summed E-state index contributed by atoms with van der Waals surface area (Å²) in [5.41, 5.74) is 5.17. The van der Waals surface area contributed by atoms with Gasteiger partial charge in [0.2, 0.25) is 0 Å². The van der Waals surface area contributed by atoms with Crippen LogP contribution in [-0.2, 0) is 12.8 Å². The largest absolute Gasteiger partial charge is 0.348 e. The molecule has 1 amide bonds. The molecule has 0 saturated heterocycles. The van der Waals surface area contributed by atoms with Gasteiger partial charge in [-0.15, -0.1) is 0 Å². The van der Waals surface area contributed by atoms with E-state index < -0.39 is 0 Å². The second kappa shape index (κ2) is 7.40. The fraction of sp³-hybridized carbons (Fsp3) is 0.500. The Bertz CT molecular complexity index is 746. The summed E-state index contributed by atoms with van der Waals surface area (Å²) in [6.07, 6.45) is 3.95. The number of carbonyl (C=O) groups is 1. The Kier molecular flexibility index (Phi) is 5.23. The summed E-state index contributed by atoms with van der Waals surface area (Å²) in [6.45, 7) is 5.08. The van der Waals surface area contributed by atoms with Gasteiger partial charge in [0.1, 0.15) is 0 Å². The number of nitrogens with zero attached hydrogens (tertiary/aromatic N) is 3. The monoisotopic (exact) mass is 340 g/mol. The number of aryl methyl sites for hydroxylation is 1. The number of carbonyl (C=O) groups excluding carboxylic acids is 1. The molecule has 1 N–H and O–H groups in total. The molecule has 1 atom stereocenters. The molecule has 1 aliphatic carbocycles. The average molecular weight is 340 g/mol. The zero-order valence-electron chi connectivity index (χ0n) is 15.7. The Balaban J connectivity index is 1.81. The molecule has 25 heavy (non-hydrogen) atoms. The fourth-order valence-corrected chi connectivity index (χ4v) is 3.34. The van der Waals surface area contributed by atoms with E-state index in [9.17, 15) is 4.79 Å². The highest BCUT2D eigenvalue weighted by Gasteiger charge is 2.27. The Labute approximate surface area is 150 Å². The van der Waals surface area contributed by atoms with Crippen molar-refractivity contribution in [1.82, 2.24) is 20.0 Å². The smallest absolute Gasteiger partial charge is 0.272 e. The number of aromatic nitrogens is 2. The minimum absolute atomic E-state index is 0.0460. The standard InChI is InChI=1S/C20H28N4O/c1-14-8-10-16(11-9-14)24-18-7-5-6-17(18)19(22-24)20(25)21-15(2)12-13-23(3)4/h8-11,15H,5-7,12-13H2,1-4H3,(H,21,25)/t15-/m0/s1. The predicted octanol–water partition coefficient (Wildman–Crippen LogP) is 2.74. The molecule has 1 aliphatic rings. The van der Waals surface area contributed by atoms with Crippen molar-refractivity contribution in [2.24, 2.45) is 0 Å². The molecule has 1 aromatic heterocycles. The van der Waals surface area contributed by atoms with Crippen molar-refractivity contribution in [3.8, 4) is 5.69 Å². The lowest BCUT2D eigenvalue weighted by atomic mass is 10.1. The van der Waals surface area contributed by atoms with Crippen LogP contribution in [0.1, 0.15) is 47.1 Å². The summed E-state index contributed by atoms with van der Waals surface area (Å²) in [4.78, 5) is 14.9. The van der Waals surface area contributed by atoms with Gasteiger partial charge in [-0.05, 0) is 72.3 Å². The molecule has 0 unspecified atom stereocenters. The lowest BCUT2D eigenvalue weighted by Gasteiger charge is -2.16. The third-order valence-electron chi connectivity index (χ3n) is 4.81. The average Bonchev–Trinajstić information content (AvgIpc) is 3.16. The van der Waals surface area contributed by atoms with Crippen LogP contribution in [0, 0.1) is 6.92 Å². The Hall–Kier alpha value is -2.14. The molecular formula is C20H28N4O. The first-order valence-corrected chi connectivity index (χ1v) is 9.09. The maximum absolute atomic E-state index is 12.8. The molecule has 3 rings (SSSR count). The lowest BCUT2D eigenvalue weighted by Crippen LogP contribution is -2.35. The van der Waals surface area contributed by atoms with Gasteiger partial charge in [0.15, 0.2) is 5.69 Å². The molecule has 134 valence electrons. The number of fused-ring (bicyclic) bond motifs is 1. The van der Waals surface area contributed by atoms with Crippen molar-refractivity contribution < 1.29 is 4.79 Å². The molecule has 1 heterocycles. The number of rotatable bonds is 6. The number of hydrogen-bond acceptors (Lipinski definition) is 3. The summed E-state index contributed by atoms with van der Waals surface area (Å²) < 4.78 is 1.96. The van der Waals surface area contributed by atoms with Gasteiger partial charge in [0.25, 0.3) is 5.91 Å². The van der Waals surface area contributed by atoms with Crippen molar-refractivity contribution >= 4 is 5.91 Å². The third-order valence-corrected chi connectivity index (χ3v) is 4.81. The van der Waals surface area contributed by atoms with E-state index in [2.05, 4.69) is 53.4 Å². The molecule has 2 aromatic rings. The van der Waals surface area contributed by atoms with Crippen LogP contribution < -0.4 is 5.32 Å². The van der Waals surface area contributed by atoms with Crippen LogP contribution in [-0.4, -0.2) is 47.3 Å². The highest BCUT2D eigenvalue weighted by Crippen LogP contribution is 2.28. The van der Waals surface area contributed by atoms with E-state index in [-0.39, 0.29) is 11.9 Å². The van der Waals surface area contributed by atoms with Crippen LogP contribution in [0.5, 0.6) is 0 Å². The Morgan fingerprint density at radius 1 is 1.28 bits per heavy atom. The molecule has 0 saturated carbocycles. The summed E-state index contributed by atoms with van der Waals surface area (Å²) in [5.74, 6) is -0.0460. The highest BCUT2D eigenvalue weighted by molar-refractivity contribution is 5.94. The maximum atomic E-state index is 12.8. The van der Waals surface area contributed by atoms with Gasteiger partial charge in [-0.2, -0.15) is 5.10 Å². The fourth-order valence-electron chi connectivity index (χ4n) is 3.34. The van der Waals surface area contributed by atoms with Crippen LogP contribution in [0.3, 0.4) is 0 Å². The number of hydrogen-bond donors (Lipinski definition) is 1. The molecule has 0 fully saturated rings. The highest BCUT2D eigenvalue weighted by atomic mass is 16.2. The van der Waals surface area contributed by atoms with Crippen molar-refractivity contribution in [1.29, 1.82) is 0 Å². The lowest BCUT2D eigenvalue weighted by molar-refractivity contribution is 0.0930. The summed E-state index contributed by atoms with van der Waals surface area (Å²) in [6, 6.07) is 8.45. The SMILES string of the molecule is Cc1ccc(-n2nc(C(=O)N[C@@H](C)CCN(C)C)c3c2CCC3)cc1. The van der Waals surface area contributed by atoms with Crippen LogP contribution in [0.15, 0.2) is 24.3 Å². The van der Waals surface area contributed by atoms with E-state index >= 15 is 0 Å². The first kappa shape index (κ1) is 17.7. The zero-order chi connectivity index (χ0) is 18.0. The molecule has 5 heteroatoms. The van der Waals surface area contributed by atoms with Crippen LogP contribution in [0.4, 0.5) is 0 Å². The quantitative estimate of drug-likeness (QED) is 0.880. The molecule has 1 aromatic carbocycles. The number of amides is 1. The van der Waals surface area contributed by atoms with Crippen LogP contribution >= 0.6 is 0 Å². The zero-order valence-corrected chi connectivity index (χ0v) is 15.7. The van der Waals surface area contributed by atoms with E-state index in [1.807, 2.05) is 18.8 Å². The molecule has 0 bridgehead atoms. The van der Waals surface area contributed by atoms with Gasteiger partial charge in [-0.25, -0.2) is 4.68 Å². The van der Waals surface area contributed by atoms with Crippen molar-refractivity contribution in [2.45, 2.75) is 45.6 Å². The van der Waals surface area contributed by atoms with Gasteiger partial charge in [-0.1, -0.05) is 17.7 Å². The molecule has 0 radical (unpaired) electrons. The first-order chi connectivity index (χ1) is 12.0. The maximum Gasteiger partial charge on any atom is 0.272 e. The molecular weight excluding hydrogens is 312 g/mol. The predicted molar refractivity (Wildman–Crippen MR) is 100 cm³/mol. The van der Waals surface area contributed by atoms with Crippen LogP contribution in [0.2, 0.25) is 0 Å². The minimum Gasteiger partial charge on any atom is -0.348 e. The van der Waals surface area contributed by atoms with Gasteiger partial charge in [0.05, 0.1) is 5.69 Å². The summed E-state index contributed by atoms with van der Waals surface area (Å²) >= 11 is 0. The first-order valence-electron chi connectivity index (χ1n) is 9.09. The van der Waals surface area contributed by atoms with Gasteiger partial charge in [0, 0.05) is 17.3 Å². The number of nitrogens with one attached hydrogen (secondary N) is 1. The normalized spacial score (nSPS) is 14.6. The van der Waals surface area contributed by atoms with E-state index in [1.165, 1.54) is 11.3 Å². The van der Waals surface area contributed by atoms with Crippen LogP contribution in [0.25, 0.3) is 5.69 Å². The Morgan fingerprint density at radius 2 is 2.00 bits per heavy atom. The van der Waals surface area contributed by atoms with E-state index in [0.717, 1.165) is 43.5 Å². The molecule has 0 aliphatic heterocycles. The van der Waals surface area contributed by atoms with Crippen molar-refractivity contribution in [3.63, 3.8) is 0 Å². The van der Waals surface area contributed by atoms with E-state index in [1.54, 1.807) is 0 Å². The second-order valence-electron chi connectivity index (χ2n) is 7.34. The minimum atomic E-state index is -0.0460. The topological polar surface area (TPSA) is 50.2 Å². The van der Waals surface area contributed by atoms with E-state index in [0.29, 0.717) is 5.69 Å². The summed E-state index contributed by atoms with van der Waals surface area (Å²) in [7, 11) is 4.09. The molecule has 0 spiro atoms. The van der Waals surface area contributed by atoms with E-state index in [4.69, 9.17) is 0 Å². The third kappa shape index (κ3) is 3.93. The van der Waals surface area contributed by atoms with Crippen molar-refractivity contribution in [2.75, 3.05) is 20.6 Å². The summed E-state index contributed by atoms with van der Waals surface area (Å²) in [5, 5.41) is 7.79. The van der Waals surface area contributed by atoms with Gasteiger partial charge >= 0.3 is 0 Å². The second-order valence-corrected chi connectivity index (χ2v) is 7.34. The Morgan fingerprint density at radius 3 is 2.68 bits per heavy atom. The van der Waals surface area contributed by atoms with Gasteiger partial charge in [-0.3, -0.25) is 4.79 Å². The molecule has 5 nitrogen and oxygen atoms in total. The van der Waals surface area contributed by atoms with Crippen molar-refractivity contribution in [3.05, 3.63) is 46.8 Å².